The van der Waals surface area contributed by atoms with Crippen molar-refractivity contribution in [2.45, 2.75) is 25.8 Å². The molecule has 0 unspecified atom stereocenters. The molecule has 0 aromatic rings. The summed E-state index contributed by atoms with van der Waals surface area (Å²) in [5.74, 6) is -1.14. The van der Waals surface area contributed by atoms with Gasteiger partial charge in [-0.25, -0.2) is 9.59 Å². The first-order valence-electron chi connectivity index (χ1n) is 5.54. The molecule has 0 spiro atoms. The van der Waals surface area contributed by atoms with Crippen molar-refractivity contribution in [3.05, 3.63) is 0 Å². The number of carbonyl (C=O) groups is 3. The van der Waals surface area contributed by atoms with Crippen LogP contribution in [0.15, 0.2) is 0 Å². The standard InChI is InChI=1S/C10H17N3O4/c1-7(14)11-4-5-12-10(17)13-6-2-3-8(13)9(15)16/h8H,2-6H2,1H3,(H,11,14)(H,12,17)(H,15,16)/t8-/m0/s1. The Morgan fingerprint density at radius 1 is 1.29 bits per heavy atom. The average Bonchev–Trinajstić information content (AvgIpc) is 2.72. The summed E-state index contributed by atoms with van der Waals surface area (Å²) in [7, 11) is 0. The Balaban J connectivity index is 2.32. The van der Waals surface area contributed by atoms with Crippen LogP contribution in [0.2, 0.25) is 0 Å². The molecule has 0 saturated carbocycles. The number of carboxylic acids is 1. The summed E-state index contributed by atoms with van der Waals surface area (Å²) in [6.07, 6.45) is 1.20. The number of carboxylic acid groups (broad SMARTS) is 1. The van der Waals surface area contributed by atoms with Crippen molar-refractivity contribution in [1.82, 2.24) is 15.5 Å². The molecule has 0 radical (unpaired) electrons. The van der Waals surface area contributed by atoms with Crippen molar-refractivity contribution in [2.75, 3.05) is 19.6 Å². The summed E-state index contributed by atoms with van der Waals surface area (Å²) in [6, 6.07) is -1.11. The maximum atomic E-state index is 11.6. The molecule has 7 nitrogen and oxygen atoms in total. The van der Waals surface area contributed by atoms with Gasteiger partial charge in [0.2, 0.25) is 5.91 Å². The highest BCUT2D eigenvalue weighted by Gasteiger charge is 2.33. The van der Waals surface area contributed by atoms with Crippen molar-refractivity contribution in [3.8, 4) is 0 Å². The molecule has 7 heteroatoms. The van der Waals surface area contributed by atoms with Crippen LogP contribution >= 0.6 is 0 Å². The molecule has 0 aromatic carbocycles. The van der Waals surface area contributed by atoms with E-state index in [0.29, 0.717) is 32.5 Å². The molecule has 1 heterocycles. The highest BCUT2D eigenvalue weighted by molar-refractivity contribution is 5.83. The normalized spacial score (nSPS) is 18.9. The minimum absolute atomic E-state index is 0.163. The molecule has 1 rings (SSSR count). The number of nitrogens with one attached hydrogen (secondary N) is 2. The Kier molecular flexibility index (Phi) is 4.74. The first-order chi connectivity index (χ1) is 8.02. The number of carbonyl (C=O) groups excluding carboxylic acids is 2. The maximum absolute atomic E-state index is 11.6. The van der Waals surface area contributed by atoms with Gasteiger partial charge in [0.05, 0.1) is 0 Å². The second kappa shape index (κ2) is 6.07. The van der Waals surface area contributed by atoms with Gasteiger partial charge < -0.3 is 20.6 Å². The average molecular weight is 243 g/mol. The van der Waals surface area contributed by atoms with Crippen molar-refractivity contribution < 1.29 is 19.5 Å². The van der Waals surface area contributed by atoms with Gasteiger partial charge >= 0.3 is 12.0 Å². The van der Waals surface area contributed by atoms with Gasteiger partial charge in [-0.1, -0.05) is 0 Å². The minimum Gasteiger partial charge on any atom is -0.480 e. The Morgan fingerprint density at radius 3 is 2.53 bits per heavy atom. The second-order valence-electron chi connectivity index (χ2n) is 3.90. The molecule has 0 aliphatic carbocycles. The number of nitrogens with zero attached hydrogens (tertiary/aromatic N) is 1. The van der Waals surface area contributed by atoms with Crippen molar-refractivity contribution >= 4 is 17.9 Å². The first kappa shape index (κ1) is 13.3. The lowest BCUT2D eigenvalue weighted by molar-refractivity contribution is -0.141. The lowest BCUT2D eigenvalue weighted by Gasteiger charge is -2.21. The lowest BCUT2D eigenvalue weighted by Crippen LogP contribution is -2.47. The van der Waals surface area contributed by atoms with Crippen molar-refractivity contribution in [1.29, 1.82) is 0 Å². The summed E-state index contributed by atoms with van der Waals surface area (Å²) < 4.78 is 0. The summed E-state index contributed by atoms with van der Waals surface area (Å²) in [4.78, 5) is 34.4. The van der Waals surface area contributed by atoms with Crippen molar-refractivity contribution in [3.63, 3.8) is 0 Å². The lowest BCUT2D eigenvalue weighted by atomic mass is 10.2. The number of urea groups is 1. The van der Waals surface area contributed by atoms with E-state index in [1.165, 1.54) is 11.8 Å². The van der Waals surface area contributed by atoms with Gasteiger partial charge in [0, 0.05) is 26.6 Å². The summed E-state index contributed by atoms with van der Waals surface area (Å²) in [5, 5.41) is 14.0. The minimum atomic E-state index is -0.973. The van der Waals surface area contributed by atoms with Crippen LogP contribution in [-0.2, 0) is 9.59 Å². The molecule has 0 aromatic heterocycles. The number of aliphatic carboxylic acids is 1. The van der Waals surface area contributed by atoms with Gasteiger partial charge in [0.25, 0.3) is 0 Å². The molecular formula is C10H17N3O4. The van der Waals surface area contributed by atoms with E-state index in [1.807, 2.05) is 0 Å². The van der Waals surface area contributed by atoms with Gasteiger partial charge in [-0.05, 0) is 12.8 Å². The Morgan fingerprint density at radius 2 is 1.94 bits per heavy atom. The number of hydrogen-bond acceptors (Lipinski definition) is 3. The predicted molar refractivity (Wildman–Crippen MR) is 59.4 cm³/mol. The topological polar surface area (TPSA) is 98.7 Å². The van der Waals surface area contributed by atoms with Crippen LogP contribution in [0, 0.1) is 0 Å². The Bertz CT molecular complexity index is 319. The quantitative estimate of drug-likeness (QED) is 0.573. The van der Waals surface area contributed by atoms with Crippen LogP contribution in [0.4, 0.5) is 4.79 Å². The number of likely N-dealkylation sites (tertiary alicyclic amines) is 1. The summed E-state index contributed by atoms with van der Waals surface area (Å²) in [5.41, 5.74) is 0. The molecule has 17 heavy (non-hydrogen) atoms. The van der Waals surface area contributed by atoms with E-state index in [0.717, 1.165) is 0 Å². The zero-order valence-electron chi connectivity index (χ0n) is 9.73. The van der Waals surface area contributed by atoms with Crippen LogP contribution in [0.5, 0.6) is 0 Å². The molecule has 3 amide bonds. The number of hydrogen-bond donors (Lipinski definition) is 3. The zero-order valence-corrected chi connectivity index (χ0v) is 9.73. The highest BCUT2D eigenvalue weighted by Crippen LogP contribution is 2.16. The third kappa shape index (κ3) is 3.93. The molecule has 1 atom stereocenters. The molecular weight excluding hydrogens is 226 g/mol. The third-order valence-electron chi connectivity index (χ3n) is 2.57. The molecule has 96 valence electrons. The molecule has 1 saturated heterocycles. The fourth-order valence-corrected chi connectivity index (χ4v) is 1.78. The first-order valence-corrected chi connectivity index (χ1v) is 5.54. The SMILES string of the molecule is CC(=O)NCCNC(=O)N1CCC[C@H]1C(=O)O. The van der Waals surface area contributed by atoms with Crippen molar-refractivity contribution in [2.24, 2.45) is 0 Å². The largest absolute Gasteiger partial charge is 0.480 e. The maximum Gasteiger partial charge on any atom is 0.326 e. The van der Waals surface area contributed by atoms with Crippen LogP contribution < -0.4 is 10.6 Å². The van der Waals surface area contributed by atoms with E-state index in [1.54, 1.807) is 0 Å². The third-order valence-corrected chi connectivity index (χ3v) is 2.57. The monoisotopic (exact) mass is 243 g/mol. The van der Waals surface area contributed by atoms with E-state index in [4.69, 9.17) is 5.11 Å². The van der Waals surface area contributed by atoms with Crippen LogP contribution in [0.3, 0.4) is 0 Å². The summed E-state index contributed by atoms with van der Waals surface area (Å²) in [6.45, 7) is 2.49. The predicted octanol–water partition coefficient (Wildman–Crippen LogP) is -0.619. The fourth-order valence-electron chi connectivity index (χ4n) is 1.78. The van der Waals surface area contributed by atoms with Gasteiger partial charge in [0.15, 0.2) is 0 Å². The highest BCUT2D eigenvalue weighted by atomic mass is 16.4. The smallest absolute Gasteiger partial charge is 0.326 e. The Labute approximate surface area is 99.2 Å². The second-order valence-corrected chi connectivity index (χ2v) is 3.90. The van der Waals surface area contributed by atoms with Gasteiger partial charge in [0.1, 0.15) is 6.04 Å². The fraction of sp³-hybridized carbons (Fsp3) is 0.700. The number of amides is 3. The van der Waals surface area contributed by atoms with Gasteiger partial charge in [-0.3, -0.25) is 4.79 Å². The molecule has 1 aliphatic rings. The van der Waals surface area contributed by atoms with E-state index in [2.05, 4.69) is 10.6 Å². The molecule has 1 aliphatic heterocycles. The van der Waals surface area contributed by atoms with Crippen LogP contribution in [-0.4, -0.2) is 53.6 Å². The molecule has 0 bridgehead atoms. The van der Waals surface area contributed by atoms with E-state index >= 15 is 0 Å². The van der Waals surface area contributed by atoms with E-state index in [-0.39, 0.29) is 11.9 Å². The van der Waals surface area contributed by atoms with E-state index < -0.39 is 12.0 Å². The number of rotatable bonds is 4. The molecule has 1 fully saturated rings. The summed E-state index contributed by atoms with van der Waals surface area (Å²) >= 11 is 0. The zero-order chi connectivity index (χ0) is 12.8. The van der Waals surface area contributed by atoms with Crippen LogP contribution in [0.1, 0.15) is 19.8 Å². The van der Waals surface area contributed by atoms with Gasteiger partial charge in [-0.15, -0.1) is 0 Å². The molecule has 3 N–H and O–H groups in total. The van der Waals surface area contributed by atoms with Crippen LogP contribution in [0.25, 0.3) is 0 Å². The van der Waals surface area contributed by atoms with Gasteiger partial charge in [-0.2, -0.15) is 0 Å². The Hall–Kier alpha value is -1.79. The van der Waals surface area contributed by atoms with E-state index in [9.17, 15) is 14.4 Å².